The molecule has 0 aliphatic rings. The summed E-state index contributed by atoms with van der Waals surface area (Å²) in [4.78, 5) is 34.9. The van der Waals surface area contributed by atoms with E-state index in [2.05, 4.69) is 48.5 Å². The van der Waals surface area contributed by atoms with E-state index in [-0.39, 0.29) is 0 Å². The molecule has 5 aromatic carbocycles. The highest BCUT2D eigenvalue weighted by molar-refractivity contribution is 5.78. The Balaban J connectivity index is 1.01. The van der Waals surface area contributed by atoms with Crippen molar-refractivity contribution in [2.45, 2.75) is 0 Å². The van der Waals surface area contributed by atoms with E-state index in [1.165, 1.54) is 0 Å². The van der Waals surface area contributed by atoms with Crippen molar-refractivity contribution >= 4 is 0 Å². The van der Waals surface area contributed by atoms with Crippen molar-refractivity contribution in [1.82, 2.24) is 34.9 Å². The number of benzene rings is 5. The summed E-state index contributed by atoms with van der Waals surface area (Å²) >= 11 is 0. The topological polar surface area (TPSA) is 90.2 Å². The van der Waals surface area contributed by atoms with E-state index >= 15 is 0 Å². The van der Waals surface area contributed by atoms with Crippen LogP contribution in [-0.2, 0) is 0 Å². The molecule has 10 aromatic rings. The molecule has 0 N–H and O–H groups in total. The molecule has 10 rings (SSSR count). The molecule has 0 fully saturated rings. The van der Waals surface area contributed by atoms with E-state index in [1.807, 2.05) is 164 Å². The van der Waals surface area contributed by atoms with Crippen LogP contribution >= 0.6 is 0 Å². The largest absolute Gasteiger partial charge is 0.254 e. The zero-order valence-electron chi connectivity index (χ0n) is 32.3. The van der Waals surface area contributed by atoms with E-state index < -0.39 is 0 Å². The summed E-state index contributed by atoms with van der Waals surface area (Å²) in [6.45, 7) is 0. The molecule has 0 saturated carbocycles. The summed E-state index contributed by atoms with van der Waals surface area (Å²) in [5, 5.41) is 0. The van der Waals surface area contributed by atoms with Gasteiger partial charge in [0.1, 0.15) is 0 Å². The Hall–Kier alpha value is -8.29. The van der Waals surface area contributed by atoms with Crippen molar-refractivity contribution in [1.29, 1.82) is 0 Å². The first-order valence-electron chi connectivity index (χ1n) is 19.7. The number of nitrogens with zero attached hydrogens (tertiary/aromatic N) is 7. The second-order valence-electron chi connectivity index (χ2n) is 14.2. The van der Waals surface area contributed by atoms with Gasteiger partial charge in [-0.1, -0.05) is 152 Å². The fourth-order valence-electron chi connectivity index (χ4n) is 7.12. The highest BCUT2D eigenvalue weighted by Gasteiger charge is 2.15. The number of hydrogen-bond acceptors (Lipinski definition) is 7. The lowest BCUT2D eigenvalue weighted by Crippen LogP contribution is -1.98. The van der Waals surface area contributed by atoms with Gasteiger partial charge < -0.3 is 0 Å². The van der Waals surface area contributed by atoms with Gasteiger partial charge in [0.05, 0.1) is 45.6 Å². The third-order valence-corrected chi connectivity index (χ3v) is 10.2. The molecule has 5 aromatic heterocycles. The van der Waals surface area contributed by atoms with E-state index in [0.717, 1.165) is 90.1 Å². The second kappa shape index (κ2) is 16.3. The van der Waals surface area contributed by atoms with E-state index in [0.29, 0.717) is 11.6 Å². The van der Waals surface area contributed by atoms with Crippen LogP contribution in [0.4, 0.5) is 0 Å². The molecule has 0 spiro atoms. The van der Waals surface area contributed by atoms with Gasteiger partial charge in [-0.15, -0.1) is 0 Å². The molecule has 7 nitrogen and oxygen atoms in total. The molecular formula is C53H35N7. The molecular weight excluding hydrogens is 735 g/mol. The number of hydrogen-bond donors (Lipinski definition) is 0. The molecule has 0 atom stereocenters. The zero-order chi connectivity index (χ0) is 40.1. The Morgan fingerprint density at radius 1 is 0.200 bits per heavy atom. The van der Waals surface area contributed by atoms with E-state index in [9.17, 15) is 0 Å². The monoisotopic (exact) mass is 769 g/mol. The molecule has 0 saturated heterocycles. The van der Waals surface area contributed by atoms with Crippen LogP contribution in [0.5, 0.6) is 0 Å². The predicted octanol–water partition coefficient (Wildman–Crippen LogP) is 12.5. The number of pyridine rings is 3. The van der Waals surface area contributed by atoms with Gasteiger partial charge in [0, 0.05) is 45.8 Å². The van der Waals surface area contributed by atoms with Gasteiger partial charge in [0.15, 0.2) is 11.6 Å². The van der Waals surface area contributed by atoms with Crippen LogP contribution in [0.1, 0.15) is 0 Å². The molecule has 0 radical (unpaired) electrons. The van der Waals surface area contributed by atoms with Gasteiger partial charge in [-0.3, -0.25) is 9.97 Å². The predicted molar refractivity (Wildman–Crippen MR) is 240 cm³/mol. The maximum atomic E-state index is 5.14. The summed E-state index contributed by atoms with van der Waals surface area (Å²) in [6, 6.07) is 67.1. The first kappa shape index (κ1) is 36.1. The summed E-state index contributed by atoms with van der Waals surface area (Å²) in [7, 11) is 0. The summed E-state index contributed by atoms with van der Waals surface area (Å²) in [5.41, 5.74) is 14.0. The van der Waals surface area contributed by atoms with E-state index in [4.69, 9.17) is 34.9 Å². The van der Waals surface area contributed by atoms with Crippen LogP contribution in [-0.4, -0.2) is 34.9 Å². The summed E-state index contributed by atoms with van der Waals surface area (Å²) < 4.78 is 0. The minimum Gasteiger partial charge on any atom is -0.254 e. The van der Waals surface area contributed by atoms with Gasteiger partial charge in [-0.2, -0.15) is 0 Å². The Kier molecular flexibility index (Phi) is 9.79. The van der Waals surface area contributed by atoms with Crippen molar-refractivity contribution in [3.05, 3.63) is 213 Å². The lowest BCUT2D eigenvalue weighted by atomic mass is 10.0. The maximum absolute atomic E-state index is 5.14. The minimum absolute atomic E-state index is 0.657. The van der Waals surface area contributed by atoms with Crippen molar-refractivity contribution in [3.8, 4) is 102 Å². The summed E-state index contributed by atoms with van der Waals surface area (Å²) in [5.74, 6) is 1.31. The van der Waals surface area contributed by atoms with Gasteiger partial charge in [0.2, 0.25) is 0 Å². The second-order valence-corrected chi connectivity index (χ2v) is 14.2. The standard InChI is InChI=1S/C53H35N7/c1-6-16-36(17-7-1)43-30-50(44-28-26-41(34-54-44)48-32-46(37-18-8-2-9-19-37)57-52(59-48)39-22-12-4-13-23-39)56-51(31-43)45-29-27-42(35-55-45)49-33-47(38-20-10-3-11-21-38)58-53(60-49)40-24-14-5-15-25-40/h1-35H. The Morgan fingerprint density at radius 3 is 0.883 bits per heavy atom. The molecule has 282 valence electrons. The average molecular weight is 770 g/mol. The lowest BCUT2D eigenvalue weighted by molar-refractivity contribution is 1.17. The molecule has 7 heteroatoms. The lowest BCUT2D eigenvalue weighted by Gasteiger charge is -2.12. The quantitative estimate of drug-likeness (QED) is 0.144. The van der Waals surface area contributed by atoms with Crippen LogP contribution in [0.15, 0.2) is 213 Å². The van der Waals surface area contributed by atoms with Crippen LogP contribution in [0.25, 0.3) is 102 Å². The molecule has 0 unspecified atom stereocenters. The van der Waals surface area contributed by atoms with Crippen LogP contribution in [0.3, 0.4) is 0 Å². The Morgan fingerprint density at radius 2 is 0.533 bits per heavy atom. The third-order valence-electron chi connectivity index (χ3n) is 10.2. The van der Waals surface area contributed by atoms with Crippen molar-refractivity contribution in [2.24, 2.45) is 0 Å². The van der Waals surface area contributed by atoms with Crippen LogP contribution in [0, 0.1) is 0 Å². The maximum Gasteiger partial charge on any atom is 0.160 e. The van der Waals surface area contributed by atoms with Crippen molar-refractivity contribution < 1.29 is 0 Å². The normalized spacial score (nSPS) is 11.0. The fraction of sp³-hybridized carbons (Fsp3) is 0. The van der Waals surface area contributed by atoms with Crippen molar-refractivity contribution in [3.63, 3.8) is 0 Å². The minimum atomic E-state index is 0.657. The van der Waals surface area contributed by atoms with Gasteiger partial charge in [-0.05, 0) is 59.7 Å². The third kappa shape index (κ3) is 7.71. The Labute approximate surface area is 347 Å². The SMILES string of the molecule is c1ccc(-c2cc(-c3ccc(-c4cc(-c5ccccc5)nc(-c5ccccc5)n4)cn3)nc(-c3ccc(-c4cc(-c5ccccc5)nc(-c5ccccc5)n4)cn3)c2)cc1. The zero-order valence-corrected chi connectivity index (χ0v) is 32.3. The molecule has 0 bridgehead atoms. The van der Waals surface area contributed by atoms with Gasteiger partial charge in [-0.25, -0.2) is 24.9 Å². The summed E-state index contributed by atoms with van der Waals surface area (Å²) in [6.07, 6.45) is 3.72. The van der Waals surface area contributed by atoms with Gasteiger partial charge >= 0.3 is 0 Å². The average Bonchev–Trinajstić information content (AvgIpc) is 3.35. The highest BCUT2D eigenvalue weighted by atomic mass is 14.9. The first-order valence-corrected chi connectivity index (χ1v) is 19.7. The van der Waals surface area contributed by atoms with Gasteiger partial charge in [0.25, 0.3) is 0 Å². The fourth-order valence-corrected chi connectivity index (χ4v) is 7.12. The highest BCUT2D eigenvalue weighted by Crippen LogP contribution is 2.33. The van der Waals surface area contributed by atoms with Crippen LogP contribution < -0.4 is 0 Å². The molecule has 0 aliphatic carbocycles. The van der Waals surface area contributed by atoms with Crippen molar-refractivity contribution in [2.75, 3.05) is 0 Å². The molecule has 5 heterocycles. The number of aromatic nitrogens is 7. The van der Waals surface area contributed by atoms with Crippen LogP contribution in [0.2, 0.25) is 0 Å². The molecule has 0 amide bonds. The smallest absolute Gasteiger partial charge is 0.160 e. The molecule has 0 aliphatic heterocycles. The first-order chi connectivity index (χ1) is 29.7. The Bertz CT molecular complexity index is 2730. The van der Waals surface area contributed by atoms with E-state index in [1.54, 1.807) is 0 Å². The number of rotatable bonds is 9. The molecule has 60 heavy (non-hydrogen) atoms.